The summed E-state index contributed by atoms with van der Waals surface area (Å²) < 4.78 is 0. The van der Waals surface area contributed by atoms with Crippen LogP contribution in [-0.4, -0.2) is 10.8 Å². The number of aromatic nitrogens is 1. The number of halogens is 1. The van der Waals surface area contributed by atoms with E-state index in [-0.39, 0.29) is 18.2 Å². The molecule has 0 spiro atoms. The van der Waals surface area contributed by atoms with Gasteiger partial charge in [-0.25, -0.2) is 0 Å². The first-order valence-electron chi connectivity index (χ1n) is 5.21. The van der Waals surface area contributed by atoms with Crippen LogP contribution in [0.3, 0.4) is 0 Å². The molecule has 1 aromatic heterocycles. The smallest absolute Gasteiger partial charge is 0.194 e. The number of rotatable bonds is 2. The van der Waals surface area contributed by atoms with Crippen LogP contribution < -0.4 is 0 Å². The lowest BCUT2D eigenvalue weighted by Crippen LogP contribution is -2.02. The first-order valence-corrected chi connectivity index (χ1v) is 5.21. The van der Waals surface area contributed by atoms with E-state index >= 15 is 0 Å². The van der Waals surface area contributed by atoms with Crippen LogP contribution in [0.5, 0.6) is 0 Å². The Morgan fingerprint density at radius 1 is 1.06 bits per heavy atom. The number of nitrogens with zero attached hydrogens (tertiary/aromatic N) is 1. The number of benzene rings is 1. The van der Waals surface area contributed by atoms with Crippen LogP contribution in [0.2, 0.25) is 0 Å². The average Bonchev–Trinajstić information content (AvgIpc) is 2.29. The molecule has 0 unspecified atom stereocenters. The molecule has 0 atom stereocenters. The molecule has 17 heavy (non-hydrogen) atoms. The quantitative estimate of drug-likeness (QED) is 0.762. The highest BCUT2D eigenvalue weighted by Crippen LogP contribution is 2.10. The summed E-state index contributed by atoms with van der Waals surface area (Å²) in [5.41, 5.74) is 3.36. The van der Waals surface area contributed by atoms with E-state index in [9.17, 15) is 4.79 Å². The van der Waals surface area contributed by atoms with Crippen molar-refractivity contribution >= 4 is 18.2 Å². The van der Waals surface area contributed by atoms with Crippen molar-refractivity contribution in [1.82, 2.24) is 4.98 Å². The lowest BCUT2D eigenvalue weighted by Gasteiger charge is -2.02. The Balaban J connectivity index is 0.00000144. The van der Waals surface area contributed by atoms with E-state index in [0.29, 0.717) is 11.1 Å². The van der Waals surface area contributed by atoms with Crippen molar-refractivity contribution in [3.8, 4) is 0 Å². The average molecular weight is 248 g/mol. The molecule has 1 aromatic carbocycles. The topological polar surface area (TPSA) is 30.0 Å². The molecule has 0 aliphatic rings. The Bertz CT molecular complexity index is 520. The molecule has 2 nitrogen and oxygen atoms in total. The minimum Gasteiger partial charge on any atom is -0.289 e. The number of aryl methyl sites for hydroxylation is 2. The number of carbonyl (C=O) groups excluding carboxylic acids is 1. The van der Waals surface area contributed by atoms with Crippen molar-refractivity contribution < 1.29 is 4.79 Å². The first kappa shape index (κ1) is 13.4. The molecule has 0 fully saturated rings. The molecule has 1 heterocycles. The Hall–Kier alpha value is -1.67. The van der Waals surface area contributed by atoms with Gasteiger partial charge in [-0.1, -0.05) is 23.8 Å². The number of hydrogen-bond acceptors (Lipinski definition) is 2. The van der Waals surface area contributed by atoms with E-state index in [0.717, 1.165) is 11.3 Å². The zero-order valence-corrected chi connectivity index (χ0v) is 10.6. The highest BCUT2D eigenvalue weighted by Gasteiger charge is 2.08. The molecule has 0 bridgehead atoms. The second kappa shape index (κ2) is 5.60. The van der Waals surface area contributed by atoms with Crippen LogP contribution in [0.15, 0.2) is 42.6 Å². The summed E-state index contributed by atoms with van der Waals surface area (Å²) in [5.74, 6) is 0.0243. The second-order valence-corrected chi connectivity index (χ2v) is 3.89. The number of pyridine rings is 1. The van der Waals surface area contributed by atoms with E-state index in [4.69, 9.17) is 0 Å². The standard InChI is InChI=1S/C14H13NO.ClH/c1-10-4-3-5-12(8-10)14(16)13-7-6-11(2)15-9-13;/h3-9H,1-2H3;1H. The Morgan fingerprint density at radius 3 is 2.41 bits per heavy atom. The molecule has 2 rings (SSSR count). The second-order valence-electron chi connectivity index (χ2n) is 3.89. The zero-order valence-electron chi connectivity index (χ0n) is 9.81. The van der Waals surface area contributed by atoms with Gasteiger partial charge < -0.3 is 0 Å². The molecule has 0 aliphatic carbocycles. The summed E-state index contributed by atoms with van der Waals surface area (Å²) in [4.78, 5) is 16.2. The van der Waals surface area contributed by atoms with Gasteiger partial charge in [-0.3, -0.25) is 9.78 Å². The molecule has 0 saturated carbocycles. The fourth-order valence-corrected chi connectivity index (χ4v) is 1.56. The van der Waals surface area contributed by atoms with Crippen LogP contribution in [0, 0.1) is 13.8 Å². The molecule has 3 heteroatoms. The third-order valence-electron chi connectivity index (χ3n) is 2.45. The summed E-state index contributed by atoms with van der Waals surface area (Å²) in [6, 6.07) is 11.3. The van der Waals surface area contributed by atoms with E-state index in [2.05, 4.69) is 4.98 Å². The van der Waals surface area contributed by atoms with Crippen LogP contribution in [0.25, 0.3) is 0 Å². The predicted molar refractivity (Wildman–Crippen MR) is 70.8 cm³/mol. The van der Waals surface area contributed by atoms with Gasteiger partial charge in [0.2, 0.25) is 0 Å². The molecule has 0 radical (unpaired) electrons. The van der Waals surface area contributed by atoms with E-state index < -0.39 is 0 Å². The lowest BCUT2D eigenvalue weighted by molar-refractivity contribution is 0.103. The number of ketones is 1. The fraction of sp³-hybridized carbons (Fsp3) is 0.143. The van der Waals surface area contributed by atoms with Gasteiger partial charge in [0.05, 0.1) is 0 Å². The summed E-state index contributed by atoms with van der Waals surface area (Å²) in [7, 11) is 0. The third kappa shape index (κ3) is 3.14. The maximum atomic E-state index is 12.1. The van der Waals surface area contributed by atoms with E-state index in [1.807, 2.05) is 50.2 Å². The third-order valence-corrected chi connectivity index (χ3v) is 2.45. The zero-order chi connectivity index (χ0) is 11.5. The number of carbonyl (C=O) groups is 1. The highest BCUT2D eigenvalue weighted by molar-refractivity contribution is 6.08. The summed E-state index contributed by atoms with van der Waals surface area (Å²) >= 11 is 0. The van der Waals surface area contributed by atoms with Crippen molar-refractivity contribution in [3.63, 3.8) is 0 Å². The molecule has 2 aromatic rings. The Kier molecular flexibility index (Phi) is 4.41. The maximum Gasteiger partial charge on any atom is 0.194 e. The molecule has 0 saturated heterocycles. The Morgan fingerprint density at radius 2 is 1.82 bits per heavy atom. The van der Waals surface area contributed by atoms with Crippen LogP contribution >= 0.6 is 12.4 Å². The molecule has 0 amide bonds. The van der Waals surface area contributed by atoms with Crippen LogP contribution in [0.4, 0.5) is 0 Å². The first-order chi connectivity index (χ1) is 7.66. The fourth-order valence-electron chi connectivity index (χ4n) is 1.56. The van der Waals surface area contributed by atoms with Crippen molar-refractivity contribution in [2.75, 3.05) is 0 Å². The molecular formula is C14H14ClNO. The van der Waals surface area contributed by atoms with Crippen LogP contribution in [0.1, 0.15) is 27.2 Å². The van der Waals surface area contributed by atoms with Gasteiger partial charge in [-0.2, -0.15) is 0 Å². The molecular weight excluding hydrogens is 234 g/mol. The van der Waals surface area contributed by atoms with Gasteiger partial charge in [0, 0.05) is 23.0 Å². The van der Waals surface area contributed by atoms with Crippen molar-refractivity contribution in [2.24, 2.45) is 0 Å². The van der Waals surface area contributed by atoms with Gasteiger partial charge >= 0.3 is 0 Å². The minimum absolute atomic E-state index is 0. The predicted octanol–water partition coefficient (Wildman–Crippen LogP) is 3.35. The van der Waals surface area contributed by atoms with Gasteiger partial charge in [0.25, 0.3) is 0 Å². The van der Waals surface area contributed by atoms with Crippen molar-refractivity contribution in [2.45, 2.75) is 13.8 Å². The Labute approximate surface area is 107 Å². The van der Waals surface area contributed by atoms with E-state index in [1.165, 1.54) is 0 Å². The van der Waals surface area contributed by atoms with Crippen LogP contribution in [-0.2, 0) is 0 Å². The highest BCUT2D eigenvalue weighted by atomic mass is 35.5. The van der Waals surface area contributed by atoms with Gasteiger partial charge in [-0.05, 0) is 32.0 Å². The molecule has 88 valence electrons. The summed E-state index contributed by atoms with van der Waals surface area (Å²) in [6.45, 7) is 3.88. The maximum absolute atomic E-state index is 12.1. The summed E-state index contributed by atoms with van der Waals surface area (Å²) in [5, 5.41) is 0. The normalized spacial score (nSPS) is 9.53. The van der Waals surface area contributed by atoms with Gasteiger partial charge in [-0.15, -0.1) is 12.4 Å². The van der Waals surface area contributed by atoms with E-state index in [1.54, 1.807) is 6.20 Å². The van der Waals surface area contributed by atoms with Gasteiger partial charge in [0.15, 0.2) is 5.78 Å². The SMILES string of the molecule is Cc1cccc(C(=O)c2ccc(C)nc2)c1.Cl. The molecule has 0 aliphatic heterocycles. The number of hydrogen-bond donors (Lipinski definition) is 0. The monoisotopic (exact) mass is 247 g/mol. The van der Waals surface area contributed by atoms with Crippen molar-refractivity contribution in [3.05, 3.63) is 65.0 Å². The minimum atomic E-state index is 0. The lowest BCUT2D eigenvalue weighted by atomic mass is 10.0. The summed E-state index contributed by atoms with van der Waals surface area (Å²) in [6.07, 6.45) is 1.62. The van der Waals surface area contributed by atoms with Crippen molar-refractivity contribution in [1.29, 1.82) is 0 Å². The largest absolute Gasteiger partial charge is 0.289 e. The van der Waals surface area contributed by atoms with Gasteiger partial charge in [0.1, 0.15) is 0 Å². The molecule has 0 N–H and O–H groups in total.